The van der Waals surface area contributed by atoms with Crippen molar-refractivity contribution >= 4 is 10.8 Å². The van der Waals surface area contributed by atoms with Crippen LogP contribution in [0.15, 0.2) is 18.2 Å². The molecule has 1 N–H and O–H groups in total. The molecule has 3 rings (SSSR count). The molecule has 0 atom stereocenters. The van der Waals surface area contributed by atoms with Crippen LogP contribution in [-0.4, -0.2) is 28.5 Å². The highest BCUT2D eigenvalue weighted by Crippen LogP contribution is 2.35. The fourth-order valence-corrected chi connectivity index (χ4v) is 3.68. The molecule has 4 nitrogen and oxygen atoms in total. The van der Waals surface area contributed by atoms with Crippen molar-refractivity contribution < 1.29 is 13.7 Å². The van der Waals surface area contributed by atoms with Crippen molar-refractivity contribution in [2.45, 2.75) is 25.4 Å². The highest BCUT2D eigenvalue weighted by atomic mass is 32.2. The number of nitrogens with one attached hydrogen (secondary N) is 1. The predicted molar refractivity (Wildman–Crippen MR) is 70.3 cm³/mol. The van der Waals surface area contributed by atoms with Crippen LogP contribution >= 0.6 is 0 Å². The van der Waals surface area contributed by atoms with Crippen molar-refractivity contribution in [1.29, 1.82) is 0 Å². The Labute approximate surface area is 109 Å². The van der Waals surface area contributed by atoms with Gasteiger partial charge < -0.3 is 14.8 Å². The van der Waals surface area contributed by atoms with Gasteiger partial charge in [-0.05, 0) is 18.9 Å². The van der Waals surface area contributed by atoms with Gasteiger partial charge in [-0.1, -0.05) is 12.1 Å². The summed E-state index contributed by atoms with van der Waals surface area (Å²) < 4.78 is 22.1. The van der Waals surface area contributed by atoms with Gasteiger partial charge in [-0.3, -0.25) is 4.21 Å². The van der Waals surface area contributed by atoms with Crippen LogP contribution in [0, 0.1) is 0 Å². The third kappa shape index (κ3) is 2.52. The molecule has 0 radical (unpaired) electrons. The number of hydrogen-bond acceptors (Lipinski definition) is 4. The van der Waals surface area contributed by atoms with E-state index in [1.54, 1.807) is 0 Å². The summed E-state index contributed by atoms with van der Waals surface area (Å²) in [6, 6.07) is 6.44. The number of ether oxygens (including phenoxy) is 2. The topological polar surface area (TPSA) is 47.6 Å². The molecule has 0 aromatic heterocycles. The maximum atomic E-state index is 11.3. The Bertz CT molecular complexity index is 454. The summed E-state index contributed by atoms with van der Waals surface area (Å²) in [5.74, 6) is 3.34. The van der Waals surface area contributed by atoms with Gasteiger partial charge >= 0.3 is 0 Å². The lowest BCUT2D eigenvalue weighted by molar-refractivity contribution is 0.173. The van der Waals surface area contributed by atoms with E-state index >= 15 is 0 Å². The highest BCUT2D eigenvalue weighted by molar-refractivity contribution is 7.85. The van der Waals surface area contributed by atoms with Crippen molar-refractivity contribution in [2.75, 3.05) is 18.3 Å². The Morgan fingerprint density at radius 1 is 1.28 bits per heavy atom. The van der Waals surface area contributed by atoms with E-state index in [4.69, 9.17) is 9.47 Å². The van der Waals surface area contributed by atoms with E-state index in [2.05, 4.69) is 11.4 Å². The zero-order chi connectivity index (χ0) is 12.4. The van der Waals surface area contributed by atoms with Crippen LogP contribution < -0.4 is 14.8 Å². The van der Waals surface area contributed by atoms with Crippen molar-refractivity contribution in [2.24, 2.45) is 0 Å². The summed E-state index contributed by atoms with van der Waals surface area (Å²) in [6.07, 6.45) is 2.00. The first-order valence-corrected chi connectivity index (χ1v) is 7.77. The van der Waals surface area contributed by atoms with E-state index in [1.165, 1.54) is 0 Å². The van der Waals surface area contributed by atoms with E-state index in [-0.39, 0.29) is 0 Å². The monoisotopic (exact) mass is 267 g/mol. The first-order valence-electron chi connectivity index (χ1n) is 6.29. The number of benzene rings is 1. The number of rotatable bonds is 3. The maximum Gasteiger partial charge on any atom is 0.231 e. The van der Waals surface area contributed by atoms with Crippen LogP contribution in [0.25, 0.3) is 0 Å². The highest BCUT2D eigenvalue weighted by Gasteiger charge is 2.20. The Balaban J connectivity index is 1.60. The lowest BCUT2D eigenvalue weighted by Crippen LogP contribution is -2.35. The first-order chi connectivity index (χ1) is 8.83. The normalized spacial score (nSPS) is 26.2. The maximum absolute atomic E-state index is 11.3. The molecule has 2 aliphatic rings. The largest absolute Gasteiger partial charge is 0.454 e. The molecule has 0 spiro atoms. The fraction of sp³-hybridized carbons (Fsp3) is 0.538. The van der Waals surface area contributed by atoms with E-state index < -0.39 is 10.8 Å². The summed E-state index contributed by atoms with van der Waals surface area (Å²) in [6.45, 7) is 1.10. The van der Waals surface area contributed by atoms with E-state index in [1.807, 2.05) is 12.1 Å². The second-order valence-electron chi connectivity index (χ2n) is 4.65. The average Bonchev–Trinajstić information content (AvgIpc) is 2.87. The van der Waals surface area contributed by atoms with Gasteiger partial charge in [0.2, 0.25) is 6.79 Å². The van der Waals surface area contributed by atoms with Gasteiger partial charge in [0.1, 0.15) is 0 Å². The van der Waals surface area contributed by atoms with Gasteiger partial charge in [0.05, 0.1) is 0 Å². The molecule has 98 valence electrons. The molecule has 2 aliphatic heterocycles. The Hall–Kier alpha value is -1.07. The molecule has 1 aromatic carbocycles. The van der Waals surface area contributed by atoms with Gasteiger partial charge in [-0.2, -0.15) is 0 Å². The van der Waals surface area contributed by atoms with E-state index in [9.17, 15) is 4.21 Å². The molecular weight excluding hydrogens is 250 g/mol. The second-order valence-corrected chi connectivity index (χ2v) is 6.35. The summed E-state index contributed by atoms with van der Waals surface area (Å²) in [4.78, 5) is 0. The van der Waals surface area contributed by atoms with Crippen molar-refractivity contribution in [3.05, 3.63) is 23.8 Å². The van der Waals surface area contributed by atoms with Crippen LogP contribution in [0.3, 0.4) is 0 Å². The van der Waals surface area contributed by atoms with Crippen LogP contribution in [0.5, 0.6) is 11.5 Å². The minimum absolute atomic E-state index is 0.314. The van der Waals surface area contributed by atoms with E-state index in [0.29, 0.717) is 12.8 Å². The minimum atomic E-state index is -0.593. The molecule has 0 aliphatic carbocycles. The molecule has 1 aromatic rings. The molecule has 0 bridgehead atoms. The molecule has 0 unspecified atom stereocenters. The van der Waals surface area contributed by atoms with Gasteiger partial charge in [0, 0.05) is 40.5 Å². The third-order valence-electron chi connectivity index (χ3n) is 3.45. The smallest absolute Gasteiger partial charge is 0.231 e. The molecule has 2 heterocycles. The Morgan fingerprint density at radius 3 is 2.94 bits per heavy atom. The molecule has 18 heavy (non-hydrogen) atoms. The Kier molecular flexibility index (Phi) is 3.52. The van der Waals surface area contributed by atoms with Gasteiger partial charge in [-0.25, -0.2) is 0 Å². The molecular formula is C13H17NO3S. The van der Waals surface area contributed by atoms with Gasteiger partial charge in [0.15, 0.2) is 11.5 Å². The van der Waals surface area contributed by atoms with E-state index in [0.717, 1.165) is 48.0 Å². The van der Waals surface area contributed by atoms with Crippen molar-refractivity contribution in [1.82, 2.24) is 5.32 Å². The van der Waals surface area contributed by atoms with Gasteiger partial charge in [0.25, 0.3) is 0 Å². The third-order valence-corrected chi connectivity index (χ3v) is 4.83. The summed E-state index contributed by atoms with van der Waals surface area (Å²) in [5, 5.41) is 3.52. The number of hydrogen-bond donors (Lipinski definition) is 1. The molecule has 1 fully saturated rings. The van der Waals surface area contributed by atoms with Crippen molar-refractivity contribution in [3.63, 3.8) is 0 Å². The molecule has 0 saturated carbocycles. The summed E-state index contributed by atoms with van der Waals surface area (Å²) >= 11 is 0. The standard InChI is InChI=1S/C13H17NO3S/c15-18-6-4-11(5-7-18)14-8-10-2-1-3-12-13(10)17-9-16-12/h1-3,11,14H,4-9H2. The Morgan fingerprint density at radius 2 is 2.11 bits per heavy atom. The van der Waals surface area contributed by atoms with Gasteiger partial charge in [-0.15, -0.1) is 0 Å². The lowest BCUT2D eigenvalue weighted by Gasteiger charge is -2.22. The predicted octanol–water partition coefficient (Wildman–Crippen LogP) is 1.42. The quantitative estimate of drug-likeness (QED) is 0.899. The summed E-state index contributed by atoms with van der Waals surface area (Å²) in [7, 11) is -0.593. The average molecular weight is 267 g/mol. The molecule has 1 saturated heterocycles. The fourth-order valence-electron chi connectivity index (χ4n) is 2.38. The second kappa shape index (κ2) is 5.28. The van der Waals surface area contributed by atoms with Crippen LogP contribution in [-0.2, 0) is 17.3 Å². The zero-order valence-electron chi connectivity index (χ0n) is 10.2. The lowest BCUT2D eigenvalue weighted by atomic mass is 10.1. The summed E-state index contributed by atoms with van der Waals surface area (Å²) in [5.41, 5.74) is 1.14. The van der Waals surface area contributed by atoms with Crippen LogP contribution in [0.1, 0.15) is 18.4 Å². The number of fused-ring (bicyclic) bond motifs is 1. The van der Waals surface area contributed by atoms with Crippen LogP contribution in [0.4, 0.5) is 0 Å². The number of para-hydroxylation sites is 1. The SMILES string of the molecule is O=S1CCC(NCc2cccc3c2OCO3)CC1. The molecule has 0 amide bonds. The zero-order valence-corrected chi connectivity index (χ0v) is 11.0. The molecule has 5 heteroatoms. The van der Waals surface area contributed by atoms with Crippen molar-refractivity contribution in [3.8, 4) is 11.5 Å². The van der Waals surface area contributed by atoms with Crippen LogP contribution in [0.2, 0.25) is 0 Å². The first kappa shape index (κ1) is 12.0. The minimum Gasteiger partial charge on any atom is -0.454 e.